The van der Waals surface area contributed by atoms with Crippen LogP contribution in [-0.4, -0.2) is 21.9 Å². The SMILES string of the molecule is O=S1(=S)CC2CCC(F)CC2CS1. The van der Waals surface area contributed by atoms with E-state index < -0.39 is 13.7 Å². The highest BCUT2D eigenvalue weighted by molar-refractivity contribution is 8.85. The Bertz CT molecular complexity index is 288. The molecular formula is C8H13FOS3. The molecule has 13 heavy (non-hydrogen) atoms. The summed E-state index contributed by atoms with van der Waals surface area (Å²) in [7, 11) is -0.659. The van der Waals surface area contributed by atoms with Crippen molar-refractivity contribution in [2.45, 2.75) is 25.4 Å². The van der Waals surface area contributed by atoms with Crippen LogP contribution in [-0.2, 0) is 18.7 Å². The van der Waals surface area contributed by atoms with E-state index in [0.717, 1.165) is 12.2 Å². The van der Waals surface area contributed by atoms with E-state index in [2.05, 4.69) is 0 Å². The number of alkyl halides is 1. The van der Waals surface area contributed by atoms with Gasteiger partial charge in [0.15, 0.2) is 0 Å². The Kier molecular flexibility index (Phi) is 2.87. The third kappa shape index (κ3) is 2.36. The van der Waals surface area contributed by atoms with E-state index in [1.54, 1.807) is 0 Å². The fourth-order valence-corrected chi connectivity index (χ4v) is 7.03. The molecule has 0 N–H and O–H groups in total. The molecule has 1 saturated heterocycles. The summed E-state index contributed by atoms with van der Waals surface area (Å²) >= 11 is 4.99. The van der Waals surface area contributed by atoms with Crippen LogP contribution in [0.4, 0.5) is 4.39 Å². The first-order valence-electron chi connectivity index (χ1n) is 4.58. The van der Waals surface area contributed by atoms with Crippen LogP contribution in [0, 0.1) is 11.8 Å². The van der Waals surface area contributed by atoms with Gasteiger partial charge in [0, 0.05) is 11.5 Å². The van der Waals surface area contributed by atoms with E-state index in [1.807, 2.05) is 0 Å². The van der Waals surface area contributed by atoms with Crippen molar-refractivity contribution in [2.75, 3.05) is 11.5 Å². The molecule has 0 amide bonds. The largest absolute Gasteiger partial charge is 0.247 e. The highest BCUT2D eigenvalue weighted by Crippen LogP contribution is 2.41. The second-order valence-electron chi connectivity index (χ2n) is 3.94. The quantitative estimate of drug-likeness (QED) is 0.604. The van der Waals surface area contributed by atoms with E-state index in [0.29, 0.717) is 30.4 Å². The predicted molar refractivity (Wildman–Crippen MR) is 58.6 cm³/mol. The first-order chi connectivity index (χ1) is 6.07. The van der Waals surface area contributed by atoms with Crippen molar-refractivity contribution in [3.63, 3.8) is 0 Å². The molecule has 0 radical (unpaired) electrons. The normalized spacial score (nSPS) is 51.3. The molecule has 0 spiro atoms. The topological polar surface area (TPSA) is 17.1 Å². The molecular weight excluding hydrogens is 227 g/mol. The first kappa shape index (κ1) is 10.2. The van der Waals surface area contributed by atoms with Gasteiger partial charge in [-0.25, -0.2) is 8.60 Å². The minimum Gasteiger partial charge on any atom is -0.247 e. The number of halogens is 1. The van der Waals surface area contributed by atoms with Crippen LogP contribution < -0.4 is 0 Å². The van der Waals surface area contributed by atoms with Gasteiger partial charge < -0.3 is 0 Å². The van der Waals surface area contributed by atoms with Crippen molar-refractivity contribution in [3.8, 4) is 0 Å². The maximum Gasteiger partial charge on any atom is 0.100 e. The fraction of sp³-hybridized carbons (Fsp3) is 1.00. The number of rotatable bonds is 0. The summed E-state index contributed by atoms with van der Waals surface area (Å²) < 4.78 is 24.7. The molecule has 2 aliphatic rings. The number of hydrogen-bond acceptors (Lipinski definition) is 3. The van der Waals surface area contributed by atoms with E-state index in [1.165, 1.54) is 10.8 Å². The smallest absolute Gasteiger partial charge is 0.100 e. The summed E-state index contributed by atoms with van der Waals surface area (Å²) in [6, 6.07) is 0. The molecule has 0 bridgehead atoms. The van der Waals surface area contributed by atoms with Crippen LogP contribution in [0.15, 0.2) is 0 Å². The van der Waals surface area contributed by atoms with Gasteiger partial charge >= 0.3 is 0 Å². The lowest BCUT2D eigenvalue weighted by atomic mass is 9.80. The van der Waals surface area contributed by atoms with Crippen LogP contribution in [0.2, 0.25) is 0 Å². The molecule has 4 unspecified atom stereocenters. The Morgan fingerprint density at radius 2 is 2.15 bits per heavy atom. The Morgan fingerprint density at radius 3 is 2.92 bits per heavy atom. The maximum absolute atomic E-state index is 13.0. The van der Waals surface area contributed by atoms with Gasteiger partial charge in [0.1, 0.15) is 6.17 Å². The lowest BCUT2D eigenvalue weighted by Crippen LogP contribution is -2.35. The van der Waals surface area contributed by atoms with Crippen LogP contribution in [0.5, 0.6) is 0 Å². The van der Waals surface area contributed by atoms with Crippen LogP contribution in [0.1, 0.15) is 19.3 Å². The van der Waals surface area contributed by atoms with Crippen molar-refractivity contribution in [2.24, 2.45) is 11.8 Å². The average molecular weight is 240 g/mol. The van der Waals surface area contributed by atoms with Gasteiger partial charge in [-0.15, -0.1) is 0 Å². The average Bonchev–Trinajstić information content (AvgIpc) is 2.05. The highest BCUT2D eigenvalue weighted by Gasteiger charge is 2.36. The Labute approximate surface area is 86.9 Å². The first-order valence-corrected chi connectivity index (χ1v) is 8.73. The van der Waals surface area contributed by atoms with Crippen molar-refractivity contribution in [1.29, 1.82) is 0 Å². The molecule has 1 aliphatic heterocycles. The summed E-state index contributed by atoms with van der Waals surface area (Å²) in [5, 5.41) is 0. The van der Waals surface area contributed by atoms with Gasteiger partial charge in [0.25, 0.3) is 0 Å². The molecule has 1 heterocycles. The van der Waals surface area contributed by atoms with Crippen molar-refractivity contribution >= 4 is 29.5 Å². The molecule has 0 aromatic heterocycles. The van der Waals surface area contributed by atoms with E-state index in [4.69, 9.17) is 11.2 Å². The molecule has 0 aromatic carbocycles. The Morgan fingerprint density at radius 1 is 1.38 bits per heavy atom. The molecule has 2 fully saturated rings. The van der Waals surface area contributed by atoms with Crippen molar-refractivity contribution in [1.82, 2.24) is 0 Å². The fourth-order valence-electron chi connectivity index (χ4n) is 2.19. The standard InChI is InChI=1S/C8H13FOS3/c9-8-2-1-6-5-13(10,11)12-4-7(6)3-8/h6-8H,1-5H2. The van der Waals surface area contributed by atoms with E-state index in [-0.39, 0.29) is 0 Å². The number of fused-ring (bicyclic) bond motifs is 1. The molecule has 1 aliphatic carbocycles. The van der Waals surface area contributed by atoms with Gasteiger partial charge in [0.05, 0.1) is 7.52 Å². The molecule has 5 heteroatoms. The lowest BCUT2D eigenvalue weighted by molar-refractivity contribution is 0.164. The molecule has 4 atom stereocenters. The molecule has 2 rings (SSSR count). The molecule has 76 valence electrons. The zero-order valence-electron chi connectivity index (χ0n) is 7.28. The Balaban J connectivity index is 2.06. The second-order valence-corrected chi connectivity index (χ2v) is 10.5. The Hall–Kier alpha value is 0.650. The number of hydrogen-bond donors (Lipinski definition) is 0. The summed E-state index contributed by atoms with van der Waals surface area (Å²) in [5.74, 6) is 2.34. The highest BCUT2D eigenvalue weighted by atomic mass is 33.3. The van der Waals surface area contributed by atoms with E-state index >= 15 is 0 Å². The predicted octanol–water partition coefficient (Wildman–Crippen LogP) is 2.15. The minimum absolute atomic E-state index is 0.436. The van der Waals surface area contributed by atoms with Crippen molar-refractivity contribution in [3.05, 3.63) is 0 Å². The maximum atomic E-state index is 13.0. The van der Waals surface area contributed by atoms with Crippen molar-refractivity contribution < 1.29 is 8.60 Å². The van der Waals surface area contributed by atoms with E-state index in [9.17, 15) is 8.60 Å². The summed E-state index contributed by atoms with van der Waals surface area (Å²) in [6.07, 6.45) is 1.58. The molecule has 1 nitrogen and oxygen atoms in total. The lowest BCUT2D eigenvalue weighted by Gasteiger charge is -2.36. The second kappa shape index (κ2) is 3.66. The van der Waals surface area contributed by atoms with Gasteiger partial charge in [-0.2, -0.15) is 0 Å². The zero-order valence-corrected chi connectivity index (χ0v) is 9.73. The third-order valence-electron chi connectivity index (χ3n) is 2.96. The minimum atomic E-state index is -2.04. The van der Waals surface area contributed by atoms with Crippen LogP contribution in [0.3, 0.4) is 0 Å². The van der Waals surface area contributed by atoms with Gasteiger partial charge in [-0.05, 0) is 42.3 Å². The van der Waals surface area contributed by atoms with Gasteiger partial charge in [-0.3, -0.25) is 0 Å². The summed E-state index contributed by atoms with van der Waals surface area (Å²) in [5.41, 5.74) is 0. The summed E-state index contributed by atoms with van der Waals surface area (Å²) in [4.78, 5) is 0. The third-order valence-corrected chi connectivity index (χ3v) is 7.88. The van der Waals surface area contributed by atoms with Gasteiger partial charge in [-0.1, -0.05) is 10.8 Å². The van der Waals surface area contributed by atoms with Crippen LogP contribution in [0.25, 0.3) is 0 Å². The van der Waals surface area contributed by atoms with Crippen LogP contribution >= 0.6 is 10.8 Å². The van der Waals surface area contributed by atoms with Gasteiger partial charge in [0.2, 0.25) is 0 Å². The zero-order chi connectivity index (χ0) is 9.47. The summed E-state index contributed by atoms with van der Waals surface area (Å²) in [6.45, 7) is 0. The monoisotopic (exact) mass is 240 g/mol. The molecule has 1 saturated carbocycles. The molecule has 0 aromatic rings.